The van der Waals surface area contributed by atoms with Crippen molar-refractivity contribution in [1.29, 1.82) is 5.26 Å². The van der Waals surface area contributed by atoms with Gasteiger partial charge in [-0.25, -0.2) is 0 Å². The molecule has 0 saturated carbocycles. The van der Waals surface area contributed by atoms with Crippen LogP contribution in [0, 0.1) is 11.3 Å². The molecule has 0 N–H and O–H groups in total. The molecule has 0 fully saturated rings. The van der Waals surface area contributed by atoms with Crippen molar-refractivity contribution in [2.24, 2.45) is 0 Å². The molecule has 1 amide bonds. The van der Waals surface area contributed by atoms with E-state index < -0.39 is 0 Å². The Morgan fingerprint density at radius 2 is 1.62 bits per heavy atom. The number of anilines is 1. The van der Waals surface area contributed by atoms with Gasteiger partial charge in [-0.2, -0.15) is 5.26 Å². The molecule has 1 aliphatic rings. The predicted molar refractivity (Wildman–Crippen MR) is 103 cm³/mol. The molecule has 0 radical (unpaired) electrons. The van der Waals surface area contributed by atoms with Crippen LogP contribution in [0.3, 0.4) is 0 Å². The van der Waals surface area contributed by atoms with Gasteiger partial charge >= 0.3 is 0 Å². The van der Waals surface area contributed by atoms with Gasteiger partial charge < -0.3 is 4.90 Å². The first-order valence-electron chi connectivity index (χ1n) is 8.77. The summed E-state index contributed by atoms with van der Waals surface area (Å²) in [5, 5.41) is 9.75. The Kier molecular flexibility index (Phi) is 4.25. The summed E-state index contributed by atoms with van der Waals surface area (Å²) in [6, 6.07) is 25.6. The Morgan fingerprint density at radius 1 is 0.923 bits per heavy atom. The van der Waals surface area contributed by atoms with Gasteiger partial charge in [0.2, 0.25) is 0 Å². The topological polar surface area (TPSA) is 44.1 Å². The molecule has 3 nitrogen and oxygen atoms in total. The minimum absolute atomic E-state index is 0.0458. The second kappa shape index (κ2) is 6.85. The summed E-state index contributed by atoms with van der Waals surface area (Å²) in [5.41, 5.74) is 5.15. The third-order valence-corrected chi connectivity index (χ3v) is 4.78. The van der Waals surface area contributed by atoms with E-state index in [1.807, 2.05) is 66.7 Å². The Bertz CT molecular complexity index is 988. The lowest BCUT2D eigenvalue weighted by Gasteiger charge is -2.31. The molecule has 0 saturated heterocycles. The molecule has 0 unspecified atom stereocenters. The second-order valence-corrected chi connectivity index (χ2v) is 6.44. The fourth-order valence-electron chi connectivity index (χ4n) is 3.57. The Labute approximate surface area is 153 Å². The first-order valence-corrected chi connectivity index (χ1v) is 8.77. The maximum absolute atomic E-state index is 13.0. The summed E-state index contributed by atoms with van der Waals surface area (Å²) in [6.07, 6.45) is 1.78. The number of benzene rings is 3. The minimum atomic E-state index is -0.0458. The molecule has 0 bridgehead atoms. The molecule has 126 valence electrons. The normalized spacial score (nSPS) is 13.0. The third kappa shape index (κ3) is 2.87. The van der Waals surface area contributed by atoms with Gasteiger partial charge in [0, 0.05) is 12.1 Å². The lowest BCUT2D eigenvalue weighted by molar-refractivity contribution is 0.0985. The molecular formula is C23H18N2O. The van der Waals surface area contributed by atoms with Gasteiger partial charge in [-0.15, -0.1) is 0 Å². The quantitative estimate of drug-likeness (QED) is 0.672. The number of carbonyl (C=O) groups is 1. The number of hydrogen-bond acceptors (Lipinski definition) is 2. The molecule has 0 atom stereocenters. The van der Waals surface area contributed by atoms with E-state index in [0.717, 1.165) is 35.2 Å². The van der Waals surface area contributed by atoms with Gasteiger partial charge in [0.05, 0.1) is 11.3 Å². The van der Waals surface area contributed by atoms with Crippen LogP contribution in [0.15, 0.2) is 72.8 Å². The van der Waals surface area contributed by atoms with E-state index in [2.05, 4.69) is 12.1 Å². The molecule has 0 aromatic heterocycles. The molecule has 3 aromatic carbocycles. The van der Waals surface area contributed by atoms with Gasteiger partial charge in [-0.3, -0.25) is 4.79 Å². The molecule has 1 aliphatic heterocycles. The zero-order valence-electron chi connectivity index (χ0n) is 14.4. The number of carbonyl (C=O) groups excluding carboxylic acids is 1. The van der Waals surface area contributed by atoms with Crippen LogP contribution in [0.5, 0.6) is 0 Å². The highest BCUT2D eigenvalue weighted by Gasteiger charge is 2.27. The first kappa shape index (κ1) is 16.1. The fraction of sp³-hybridized carbons (Fsp3) is 0.130. The summed E-state index contributed by atoms with van der Waals surface area (Å²) in [5.74, 6) is -0.0458. The van der Waals surface area contributed by atoms with E-state index >= 15 is 0 Å². The van der Waals surface area contributed by atoms with Crippen molar-refractivity contribution in [3.63, 3.8) is 0 Å². The Hall–Kier alpha value is -3.38. The highest BCUT2D eigenvalue weighted by molar-refractivity contribution is 6.07. The Balaban J connectivity index is 1.81. The Morgan fingerprint density at radius 3 is 2.31 bits per heavy atom. The highest BCUT2D eigenvalue weighted by atomic mass is 16.2. The van der Waals surface area contributed by atoms with Crippen LogP contribution in [0.1, 0.15) is 27.9 Å². The van der Waals surface area contributed by atoms with Crippen molar-refractivity contribution in [3.8, 4) is 17.2 Å². The number of rotatable bonds is 2. The molecule has 0 spiro atoms. The minimum Gasteiger partial charge on any atom is -0.307 e. The van der Waals surface area contributed by atoms with Crippen LogP contribution >= 0.6 is 0 Å². The summed E-state index contributed by atoms with van der Waals surface area (Å²) < 4.78 is 0. The average molecular weight is 338 g/mol. The monoisotopic (exact) mass is 338 g/mol. The summed E-state index contributed by atoms with van der Waals surface area (Å²) >= 11 is 0. The van der Waals surface area contributed by atoms with Crippen molar-refractivity contribution in [2.75, 3.05) is 11.4 Å². The predicted octanol–water partition coefficient (Wildman–Crippen LogP) is 4.82. The number of fused-ring (bicyclic) bond motifs is 1. The molecule has 3 aromatic rings. The van der Waals surface area contributed by atoms with E-state index in [-0.39, 0.29) is 5.91 Å². The summed E-state index contributed by atoms with van der Waals surface area (Å²) in [4.78, 5) is 14.8. The molecule has 1 heterocycles. The van der Waals surface area contributed by atoms with Gasteiger partial charge in [-0.1, -0.05) is 48.5 Å². The molecule has 0 aliphatic carbocycles. The van der Waals surface area contributed by atoms with Crippen molar-refractivity contribution in [3.05, 3.63) is 89.5 Å². The van der Waals surface area contributed by atoms with Crippen molar-refractivity contribution in [1.82, 2.24) is 0 Å². The van der Waals surface area contributed by atoms with Gasteiger partial charge in [0.25, 0.3) is 5.91 Å². The number of nitrogens with zero attached hydrogens (tertiary/aromatic N) is 2. The third-order valence-electron chi connectivity index (χ3n) is 4.78. The number of nitriles is 1. The lowest BCUT2D eigenvalue weighted by atomic mass is 9.92. The van der Waals surface area contributed by atoms with Crippen LogP contribution < -0.4 is 4.90 Å². The summed E-state index contributed by atoms with van der Waals surface area (Å²) in [7, 11) is 0. The zero-order chi connectivity index (χ0) is 17.9. The maximum atomic E-state index is 13.0. The first-order chi connectivity index (χ1) is 12.8. The van der Waals surface area contributed by atoms with Gasteiger partial charge in [0.15, 0.2) is 0 Å². The van der Waals surface area contributed by atoms with Crippen LogP contribution in [-0.4, -0.2) is 12.5 Å². The smallest absolute Gasteiger partial charge is 0.258 e. The standard InChI is InChI=1S/C23H18N2O/c24-16-21-15-20(17-8-3-1-4-9-17)14-19-12-7-13-25(22(19)21)23(26)18-10-5-2-6-11-18/h1-6,8-11,14-15H,7,12-13H2. The summed E-state index contributed by atoms with van der Waals surface area (Å²) in [6.45, 7) is 0.639. The largest absolute Gasteiger partial charge is 0.307 e. The fourth-order valence-corrected chi connectivity index (χ4v) is 3.57. The van der Waals surface area contributed by atoms with Crippen molar-refractivity contribution in [2.45, 2.75) is 12.8 Å². The van der Waals surface area contributed by atoms with Crippen molar-refractivity contribution >= 4 is 11.6 Å². The van der Waals surface area contributed by atoms with Gasteiger partial charge in [0.1, 0.15) is 6.07 Å². The molecule has 4 rings (SSSR count). The van der Waals surface area contributed by atoms with Crippen LogP contribution in [0.25, 0.3) is 11.1 Å². The average Bonchev–Trinajstić information content (AvgIpc) is 2.73. The SMILES string of the molecule is N#Cc1cc(-c2ccccc2)cc2c1N(C(=O)c1ccccc1)CCC2. The highest BCUT2D eigenvalue weighted by Crippen LogP contribution is 2.36. The second-order valence-electron chi connectivity index (χ2n) is 6.44. The van der Waals surface area contributed by atoms with E-state index in [0.29, 0.717) is 17.7 Å². The molecule has 3 heteroatoms. The van der Waals surface area contributed by atoms with Crippen LogP contribution in [0.2, 0.25) is 0 Å². The van der Waals surface area contributed by atoms with Crippen molar-refractivity contribution < 1.29 is 4.79 Å². The van der Waals surface area contributed by atoms with Crippen LogP contribution in [-0.2, 0) is 6.42 Å². The molecule has 26 heavy (non-hydrogen) atoms. The number of amides is 1. The number of aryl methyl sites for hydroxylation is 1. The molecular weight excluding hydrogens is 320 g/mol. The van der Waals surface area contributed by atoms with E-state index in [4.69, 9.17) is 0 Å². The zero-order valence-corrected chi connectivity index (χ0v) is 14.4. The maximum Gasteiger partial charge on any atom is 0.258 e. The van der Waals surface area contributed by atoms with Crippen LogP contribution in [0.4, 0.5) is 5.69 Å². The lowest BCUT2D eigenvalue weighted by Crippen LogP contribution is -2.36. The van der Waals surface area contributed by atoms with E-state index in [1.54, 1.807) is 4.90 Å². The van der Waals surface area contributed by atoms with E-state index in [9.17, 15) is 10.1 Å². The van der Waals surface area contributed by atoms with Gasteiger partial charge in [-0.05, 0) is 53.8 Å². The number of hydrogen-bond donors (Lipinski definition) is 0. The van der Waals surface area contributed by atoms with E-state index in [1.165, 1.54) is 0 Å².